The van der Waals surface area contributed by atoms with E-state index in [2.05, 4.69) is 35.1 Å². The molecule has 4 heteroatoms. The van der Waals surface area contributed by atoms with Crippen molar-refractivity contribution in [1.29, 1.82) is 0 Å². The van der Waals surface area contributed by atoms with Gasteiger partial charge in [-0.1, -0.05) is 29.8 Å². The molecule has 0 spiro atoms. The highest BCUT2D eigenvalue weighted by atomic mass is 79.9. The molecule has 0 aliphatic carbocycles. The number of hydrogen-bond acceptors (Lipinski definition) is 3. The van der Waals surface area contributed by atoms with Crippen molar-refractivity contribution in [3.63, 3.8) is 0 Å². The number of methoxy groups -OCH3 is 1. The molecule has 0 saturated heterocycles. The molecule has 0 amide bonds. The van der Waals surface area contributed by atoms with Crippen molar-refractivity contribution in [2.24, 2.45) is 0 Å². The van der Waals surface area contributed by atoms with Gasteiger partial charge in [-0.3, -0.25) is 4.79 Å². The first-order chi connectivity index (χ1) is 8.01. The molecule has 0 fully saturated rings. The summed E-state index contributed by atoms with van der Waals surface area (Å²) in [5.74, 6) is 1.08. The molecule has 1 aromatic carbocycles. The van der Waals surface area contributed by atoms with Gasteiger partial charge in [0.25, 0.3) is 0 Å². The highest BCUT2D eigenvalue weighted by molar-refractivity contribution is 9.10. The third kappa shape index (κ3) is 3.30. The number of nitrogens with one attached hydrogen (secondary N) is 1. The maximum atomic E-state index is 12.1. The van der Waals surface area contributed by atoms with Crippen LogP contribution in [0.5, 0.6) is 5.75 Å². The lowest BCUT2D eigenvalue weighted by Crippen LogP contribution is -2.20. The quantitative estimate of drug-likeness (QED) is 0.850. The molecule has 1 rings (SSSR count). The number of rotatable bonds is 5. The molecule has 1 N–H and O–H groups in total. The first-order valence-electron chi connectivity index (χ1n) is 5.56. The van der Waals surface area contributed by atoms with E-state index in [1.165, 1.54) is 0 Å². The topological polar surface area (TPSA) is 38.3 Å². The average Bonchev–Trinajstić information content (AvgIpc) is 2.27. The van der Waals surface area contributed by atoms with E-state index < -0.39 is 0 Å². The van der Waals surface area contributed by atoms with Gasteiger partial charge in [0.2, 0.25) is 0 Å². The van der Waals surface area contributed by atoms with Gasteiger partial charge < -0.3 is 10.1 Å². The smallest absolute Gasteiger partial charge is 0.177 e. The van der Waals surface area contributed by atoms with Crippen LogP contribution in [0.2, 0.25) is 0 Å². The van der Waals surface area contributed by atoms with Gasteiger partial charge in [-0.25, -0.2) is 0 Å². The number of Topliss-reactive ketones (excluding diaryl/α,β-unsaturated/α-hetero) is 1. The Morgan fingerprint density at radius 2 is 2.12 bits per heavy atom. The molecule has 0 heterocycles. The maximum Gasteiger partial charge on any atom is 0.177 e. The Morgan fingerprint density at radius 3 is 2.59 bits per heavy atom. The van der Waals surface area contributed by atoms with Crippen molar-refractivity contribution in [3.05, 3.63) is 27.7 Å². The summed E-state index contributed by atoms with van der Waals surface area (Å²) in [7, 11) is 3.39. The lowest BCUT2D eigenvalue weighted by atomic mass is 9.93. The molecule has 17 heavy (non-hydrogen) atoms. The monoisotopic (exact) mass is 299 g/mol. The Morgan fingerprint density at radius 1 is 1.47 bits per heavy atom. The predicted octanol–water partition coefficient (Wildman–Crippen LogP) is 2.98. The van der Waals surface area contributed by atoms with Gasteiger partial charge in [0.15, 0.2) is 5.78 Å². The van der Waals surface area contributed by atoms with E-state index in [1.54, 1.807) is 14.2 Å². The number of likely N-dealkylation sites (N-methyl/N-ethyl adjacent to an activating group) is 1. The largest absolute Gasteiger partial charge is 0.496 e. The zero-order valence-corrected chi connectivity index (χ0v) is 12.2. The number of benzene rings is 1. The molecule has 0 aliphatic heterocycles. The molecule has 0 unspecified atom stereocenters. The Balaban J connectivity index is 3.35. The summed E-state index contributed by atoms with van der Waals surface area (Å²) in [6.07, 6.45) is 0. The SMILES string of the molecule is CNCC(=O)c1cc(Br)cc(OC)c1C(C)C. The maximum absolute atomic E-state index is 12.1. The Labute approximate surface area is 111 Å². The van der Waals surface area contributed by atoms with Crippen LogP contribution in [0.4, 0.5) is 0 Å². The van der Waals surface area contributed by atoms with Crippen molar-refractivity contribution in [3.8, 4) is 5.75 Å². The normalized spacial score (nSPS) is 10.7. The van der Waals surface area contributed by atoms with Gasteiger partial charge in [0.05, 0.1) is 13.7 Å². The highest BCUT2D eigenvalue weighted by Gasteiger charge is 2.18. The Hall–Kier alpha value is -0.870. The van der Waals surface area contributed by atoms with Crippen LogP contribution in [0.15, 0.2) is 16.6 Å². The molecule has 94 valence electrons. The van der Waals surface area contributed by atoms with Gasteiger partial charge in [0.1, 0.15) is 5.75 Å². The van der Waals surface area contributed by atoms with Crippen molar-refractivity contribution >= 4 is 21.7 Å². The molecule has 3 nitrogen and oxygen atoms in total. The number of halogens is 1. The zero-order chi connectivity index (χ0) is 13.0. The second-order valence-corrected chi connectivity index (χ2v) is 5.09. The van der Waals surface area contributed by atoms with E-state index >= 15 is 0 Å². The van der Waals surface area contributed by atoms with Gasteiger partial charge in [-0.05, 0) is 25.1 Å². The minimum absolute atomic E-state index is 0.0794. The number of carbonyl (C=O) groups is 1. The summed E-state index contributed by atoms with van der Waals surface area (Å²) in [5.41, 5.74) is 1.69. The summed E-state index contributed by atoms with van der Waals surface area (Å²) >= 11 is 3.40. The van der Waals surface area contributed by atoms with E-state index in [0.717, 1.165) is 21.3 Å². The molecule has 0 aromatic heterocycles. The molecule has 0 aliphatic rings. The van der Waals surface area contributed by atoms with Crippen molar-refractivity contribution < 1.29 is 9.53 Å². The lowest BCUT2D eigenvalue weighted by molar-refractivity contribution is 0.0992. The van der Waals surface area contributed by atoms with Gasteiger partial charge >= 0.3 is 0 Å². The third-order valence-electron chi connectivity index (χ3n) is 2.54. The Bertz CT molecular complexity index is 416. The zero-order valence-electron chi connectivity index (χ0n) is 10.6. The number of hydrogen-bond donors (Lipinski definition) is 1. The van der Waals surface area contributed by atoms with Crippen LogP contribution in [0, 0.1) is 0 Å². The summed E-state index contributed by atoms with van der Waals surface area (Å²) in [4.78, 5) is 12.1. The average molecular weight is 300 g/mol. The van der Waals surface area contributed by atoms with Crippen molar-refractivity contribution in [2.75, 3.05) is 20.7 Å². The fourth-order valence-electron chi connectivity index (χ4n) is 1.84. The van der Waals surface area contributed by atoms with E-state index in [-0.39, 0.29) is 11.7 Å². The van der Waals surface area contributed by atoms with Crippen LogP contribution in [0.3, 0.4) is 0 Å². The number of ketones is 1. The van der Waals surface area contributed by atoms with Crippen LogP contribution in [-0.4, -0.2) is 26.5 Å². The van der Waals surface area contributed by atoms with Crippen LogP contribution >= 0.6 is 15.9 Å². The molecular formula is C13H18BrNO2. The van der Waals surface area contributed by atoms with Gasteiger partial charge in [0, 0.05) is 15.6 Å². The molecule has 0 saturated carbocycles. The van der Waals surface area contributed by atoms with E-state index in [0.29, 0.717) is 6.54 Å². The van der Waals surface area contributed by atoms with Gasteiger partial charge in [-0.15, -0.1) is 0 Å². The van der Waals surface area contributed by atoms with Crippen LogP contribution in [0.1, 0.15) is 35.7 Å². The van der Waals surface area contributed by atoms with Crippen LogP contribution < -0.4 is 10.1 Å². The molecule has 1 aromatic rings. The second kappa shape index (κ2) is 6.17. The minimum atomic E-state index is 0.0794. The first kappa shape index (κ1) is 14.2. The predicted molar refractivity (Wildman–Crippen MR) is 73.0 cm³/mol. The van der Waals surface area contributed by atoms with Crippen molar-refractivity contribution in [2.45, 2.75) is 19.8 Å². The standard InChI is InChI=1S/C13H18BrNO2/c1-8(2)13-10(11(16)7-15-3)5-9(14)6-12(13)17-4/h5-6,8,15H,7H2,1-4H3. The Kier molecular flexibility index (Phi) is 5.15. The summed E-state index contributed by atoms with van der Waals surface area (Å²) in [6, 6.07) is 3.75. The fourth-order valence-corrected chi connectivity index (χ4v) is 2.28. The molecule has 0 bridgehead atoms. The van der Waals surface area contributed by atoms with Crippen LogP contribution in [-0.2, 0) is 0 Å². The summed E-state index contributed by atoms with van der Waals surface area (Å²) in [5, 5.41) is 2.88. The van der Waals surface area contributed by atoms with E-state index in [4.69, 9.17) is 4.74 Å². The lowest BCUT2D eigenvalue weighted by Gasteiger charge is -2.17. The van der Waals surface area contributed by atoms with Crippen LogP contribution in [0.25, 0.3) is 0 Å². The highest BCUT2D eigenvalue weighted by Crippen LogP contribution is 2.33. The van der Waals surface area contributed by atoms with E-state index in [1.807, 2.05) is 12.1 Å². The minimum Gasteiger partial charge on any atom is -0.496 e. The number of carbonyl (C=O) groups excluding carboxylic acids is 1. The molecule has 0 radical (unpaired) electrons. The first-order valence-corrected chi connectivity index (χ1v) is 6.35. The third-order valence-corrected chi connectivity index (χ3v) is 3.00. The molecule has 0 atom stereocenters. The summed E-state index contributed by atoms with van der Waals surface area (Å²) in [6.45, 7) is 4.45. The number of ether oxygens (including phenoxy) is 1. The van der Waals surface area contributed by atoms with Crippen molar-refractivity contribution in [1.82, 2.24) is 5.32 Å². The van der Waals surface area contributed by atoms with Gasteiger partial charge in [-0.2, -0.15) is 0 Å². The van der Waals surface area contributed by atoms with E-state index in [9.17, 15) is 4.79 Å². The summed E-state index contributed by atoms with van der Waals surface area (Å²) < 4.78 is 6.21. The fraction of sp³-hybridized carbons (Fsp3) is 0.462. The molecular weight excluding hydrogens is 282 g/mol. The second-order valence-electron chi connectivity index (χ2n) is 4.18.